The second-order valence-corrected chi connectivity index (χ2v) is 5.29. The van der Waals surface area contributed by atoms with Crippen molar-refractivity contribution in [3.63, 3.8) is 0 Å². The number of benzene rings is 1. The summed E-state index contributed by atoms with van der Waals surface area (Å²) in [5, 5.41) is 10.2. The van der Waals surface area contributed by atoms with Gasteiger partial charge in [0.25, 0.3) is 0 Å². The van der Waals surface area contributed by atoms with E-state index >= 15 is 0 Å². The summed E-state index contributed by atoms with van der Waals surface area (Å²) < 4.78 is 11.4. The summed E-state index contributed by atoms with van der Waals surface area (Å²) in [6.07, 6.45) is 3.68. The molecule has 2 rings (SSSR count). The molecule has 0 atom stereocenters. The zero-order valence-corrected chi connectivity index (χ0v) is 14.7. The number of aryl methyl sites for hydroxylation is 1. The smallest absolute Gasteiger partial charge is 0.363 e. The average molecular weight is 345 g/mol. The van der Waals surface area contributed by atoms with Crippen LogP contribution < -0.4 is 20.6 Å². The Bertz CT molecular complexity index is 773. The molecule has 0 aliphatic carbocycles. The standard InChI is InChI=1S/C17H23N5O3/c1-4-6-9-25-14-8-7-13(10-15(14)24-5-2)11-18-21-16-12(3)20-22-17(23)19-16/h7-8,10-11H,4-6,9H2,1-3H3,(H2,19,21,22,23)/b18-11-. The van der Waals surface area contributed by atoms with Crippen LogP contribution in [-0.4, -0.2) is 34.6 Å². The van der Waals surface area contributed by atoms with E-state index < -0.39 is 5.69 Å². The van der Waals surface area contributed by atoms with Crippen molar-refractivity contribution < 1.29 is 9.47 Å². The number of unbranched alkanes of at least 4 members (excludes halogenated alkanes) is 1. The molecule has 0 saturated carbocycles. The number of hydrogen-bond acceptors (Lipinski definition) is 7. The molecule has 0 aliphatic rings. The van der Waals surface area contributed by atoms with Crippen molar-refractivity contribution in [3.05, 3.63) is 39.9 Å². The third kappa shape index (κ3) is 5.59. The van der Waals surface area contributed by atoms with Gasteiger partial charge in [-0.1, -0.05) is 13.3 Å². The Morgan fingerprint density at radius 3 is 2.88 bits per heavy atom. The Kier molecular flexibility index (Phi) is 6.94. The normalized spacial score (nSPS) is 10.8. The molecule has 2 N–H and O–H groups in total. The first-order valence-corrected chi connectivity index (χ1v) is 8.26. The Labute approximate surface area is 146 Å². The highest BCUT2D eigenvalue weighted by atomic mass is 16.5. The van der Waals surface area contributed by atoms with Crippen LogP contribution in [0.1, 0.15) is 37.9 Å². The van der Waals surface area contributed by atoms with Gasteiger partial charge >= 0.3 is 5.69 Å². The van der Waals surface area contributed by atoms with Gasteiger partial charge in [0.15, 0.2) is 17.3 Å². The van der Waals surface area contributed by atoms with Gasteiger partial charge in [-0.05, 0) is 44.0 Å². The van der Waals surface area contributed by atoms with Gasteiger partial charge in [-0.2, -0.15) is 15.2 Å². The van der Waals surface area contributed by atoms with Crippen LogP contribution >= 0.6 is 0 Å². The predicted octanol–water partition coefficient (Wildman–Crippen LogP) is 2.50. The highest BCUT2D eigenvalue weighted by Crippen LogP contribution is 2.28. The van der Waals surface area contributed by atoms with Crippen LogP contribution in [0.15, 0.2) is 28.1 Å². The maximum Gasteiger partial charge on any atom is 0.363 e. The molecule has 1 heterocycles. The lowest BCUT2D eigenvalue weighted by Crippen LogP contribution is -2.15. The molecule has 8 heteroatoms. The maximum absolute atomic E-state index is 11.2. The largest absolute Gasteiger partial charge is 0.490 e. The second kappa shape index (κ2) is 9.41. The summed E-state index contributed by atoms with van der Waals surface area (Å²) in [5.74, 6) is 1.70. The summed E-state index contributed by atoms with van der Waals surface area (Å²) in [7, 11) is 0. The lowest BCUT2D eigenvalue weighted by molar-refractivity contribution is 0.272. The van der Waals surface area contributed by atoms with E-state index in [1.165, 1.54) is 0 Å². The topological polar surface area (TPSA) is 101 Å². The van der Waals surface area contributed by atoms with Crippen molar-refractivity contribution >= 4 is 12.0 Å². The Morgan fingerprint density at radius 1 is 1.28 bits per heavy atom. The number of aromatic nitrogens is 3. The predicted molar refractivity (Wildman–Crippen MR) is 96.6 cm³/mol. The van der Waals surface area contributed by atoms with Gasteiger partial charge in [0.1, 0.15) is 5.69 Å². The third-order valence-electron chi connectivity index (χ3n) is 3.28. The number of H-pyrrole nitrogens is 1. The van der Waals surface area contributed by atoms with Crippen LogP contribution in [0.5, 0.6) is 11.5 Å². The number of rotatable bonds is 9. The molecule has 0 aliphatic heterocycles. The number of ether oxygens (including phenoxy) is 2. The van der Waals surface area contributed by atoms with Crippen molar-refractivity contribution in [1.29, 1.82) is 0 Å². The van der Waals surface area contributed by atoms with Gasteiger partial charge in [-0.25, -0.2) is 9.89 Å². The molecule has 0 saturated heterocycles. The molecule has 0 unspecified atom stereocenters. The monoisotopic (exact) mass is 345 g/mol. The van der Waals surface area contributed by atoms with Crippen LogP contribution in [0, 0.1) is 6.92 Å². The minimum absolute atomic E-state index is 0.310. The SMILES string of the molecule is CCCCOc1ccc(/C=N\Nc2nc(=O)[nH]nc2C)cc1OCC. The summed E-state index contributed by atoms with van der Waals surface area (Å²) in [6.45, 7) is 6.96. The summed E-state index contributed by atoms with van der Waals surface area (Å²) in [6, 6.07) is 5.60. The van der Waals surface area contributed by atoms with Crippen molar-refractivity contribution in [2.24, 2.45) is 5.10 Å². The molecule has 1 aromatic heterocycles. The van der Waals surface area contributed by atoms with Crippen LogP contribution in [0.25, 0.3) is 0 Å². The molecule has 8 nitrogen and oxygen atoms in total. The van der Waals surface area contributed by atoms with E-state index in [9.17, 15) is 4.79 Å². The first-order chi connectivity index (χ1) is 12.1. The number of nitrogens with one attached hydrogen (secondary N) is 2. The van der Waals surface area contributed by atoms with Gasteiger partial charge < -0.3 is 9.47 Å². The third-order valence-corrected chi connectivity index (χ3v) is 3.28. The minimum atomic E-state index is -0.532. The summed E-state index contributed by atoms with van der Waals surface area (Å²) in [4.78, 5) is 14.9. The van der Waals surface area contributed by atoms with Crippen molar-refractivity contribution in [1.82, 2.24) is 15.2 Å². The van der Waals surface area contributed by atoms with Crippen LogP contribution in [-0.2, 0) is 0 Å². The van der Waals surface area contributed by atoms with Crippen LogP contribution in [0.2, 0.25) is 0 Å². The average Bonchev–Trinajstić information content (AvgIpc) is 2.60. The van der Waals surface area contributed by atoms with Gasteiger partial charge in [-0.3, -0.25) is 5.43 Å². The van der Waals surface area contributed by atoms with Crippen molar-refractivity contribution in [3.8, 4) is 11.5 Å². The van der Waals surface area contributed by atoms with E-state index in [2.05, 4.69) is 32.6 Å². The highest BCUT2D eigenvalue weighted by Gasteiger charge is 2.06. The van der Waals surface area contributed by atoms with E-state index in [-0.39, 0.29) is 0 Å². The molecule has 2 aromatic rings. The zero-order chi connectivity index (χ0) is 18.1. The fourth-order valence-electron chi connectivity index (χ4n) is 1.98. The number of aromatic amines is 1. The molecule has 0 amide bonds. The van der Waals surface area contributed by atoms with E-state index in [0.717, 1.165) is 24.2 Å². The number of hydrazone groups is 1. The quantitative estimate of drug-likeness (QED) is 0.411. The molecule has 1 aromatic carbocycles. The number of nitrogens with zero attached hydrogens (tertiary/aromatic N) is 3. The molecule has 0 bridgehead atoms. The van der Waals surface area contributed by atoms with E-state index in [1.807, 2.05) is 25.1 Å². The Hall–Kier alpha value is -2.90. The highest BCUT2D eigenvalue weighted by molar-refractivity contribution is 5.81. The van der Waals surface area contributed by atoms with Gasteiger partial charge in [-0.15, -0.1) is 0 Å². The Morgan fingerprint density at radius 2 is 2.12 bits per heavy atom. The van der Waals surface area contributed by atoms with E-state index in [1.54, 1.807) is 13.1 Å². The van der Waals surface area contributed by atoms with E-state index in [0.29, 0.717) is 30.5 Å². The fourth-order valence-corrected chi connectivity index (χ4v) is 1.98. The molecular formula is C17H23N5O3. The number of hydrogen-bond donors (Lipinski definition) is 2. The number of anilines is 1. The Balaban J connectivity index is 2.09. The fraction of sp³-hybridized carbons (Fsp3) is 0.412. The van der Waals surface area contributed by atoms with Crippen molar-refractivity contribution in [2.75, 3.05) is 18.6 Å². The molecule has 0 spiro atoms. The molecule has 0 radical (unpaired) electrons. The summed E-state index contributed by atoms with van der Waals surface area (Å²) in [5.41, 5.74) is 3.56. The maximum atomic E-state index is 11.2. The van der Waals surface area contributed by atoms with Crippen LogP contribution in [0.3, 0.4) is 0 Å². The van der Waals surface area contributed by atoms with Crippen LogP contribution in [0.4, 0.5) is 5.82 Å². The van der Waals surface area contributed by atoms with E-state index in [4.69, 9.17) is 9.47 Å². The zero-order valence-electron chi connectivity index (χ0n) is 14.7. The van der Waals surface area contributed by atoms with Gasteiger partial charge in [0, 0.05) is 0 Å². The molecule has 25 heavy (non-hydrogen) atoms. The lowest BCUT2D eigenvalue weighted by Gasteiger charge is -2.12. The van der Waals surface area contributed by atoms with Crippen molar-refractivity contribution in [2.45, 2.75) is 33.6 Å². The molecular weight excluding hydrogens is 322 g/mol. The van der Waals surface area contributed by atoms with Gasteiger partial charge in [0.2, 0.25) is 0 Å². The first kappa shape index (κ1) is 18.4. The molecule has 134 valence electrons. The summed E-state index contributed by atoms with van der Waals surface area (Å²) >= 11 is 0. The first-order valence-electron chi connectivity index (χ1n) is 8.26. The lowest BCUT2D eigenvalue weighted by atomic mass is 10.2. The minimum Gasteiger partial charge on any atom is -0.490 e. The molecule has 0 fully saturated rings. The second-order valence-electron chi connectivity index (χ2n) is 5.29. The van der Waals surface area contributed by atoms with Gasteiger partial charge in [0.05, 0.1) is 19.4 Å².